The predicted octanol–water partition coefficient (Wildman–Crippen LogP) is -0.385. The Labute approximate surface area is 92.9 Å². The van der Waals surface area contributed by atoms with Crippen molar-refractivity contribution in [2.45, 2.75) is 18.3 Å². The number of carbonyl (C=O) groups is 1. The van der Waals surface area contributed by atoms with Crippen LogP contribution < -0.4 is 0 Å². The van der Waals surface area contributed by atoms with Crippen molar-refractivity contribution >= 4 is 5.97 Å². The second-order valence-corrected chi connectivity index (χ2v) is 3.31. The van der Waals surface area contributed by atoms with Crippen LogP contribution in [-0.4, -0.2) is 40.6 Å². The van der Waals surface area contributed by atoms with Crippen molar-refractivity contribution in [1.82, 2.24) is 0 Å². The van der Waals surface area contributed by atoms with E-state index in [-0.39, 0.29) is 0 Å². The van der Waals surface area contributed by atoms with Crippen LogP contribution in [0.1, 0.15) is 11.7 Å². The second kappa shape index (κ2) is 5.60. The summed E-state index contributed by atoms with van der Waals surface area (Å²) < 4.78 is 4.26. The summed E-state index contributed by atoms with van der Waals surface area (Å²) in [7, 11) is 1.09. The van der Waals surface area contributed by atoms with Gasteiger partial charge in [-0.15, -0.1) is 0 Å². The summed E-state index contributed by atoms with van der Waals surface area (Å²) in [6, 6.07) is 8.26. The van der Waals surface area contributed by atoms with Gasteiger partial charge in [-0.2, -0.15) is 0 Å². The Morgan fingerprint density at radius 3 is 2.25 bits per heavy atom. The van der Waals surface area contributed by atoms with Crippen LogP contribution in [0.3, 0.4) is 0 Å². The van der Waals surface area contributed by atoms with E-state index < -0.39 is 24.3 Å². The summed E-state index contributed by atoms with van der Waals surface area (Å²) in [6.07, 6.45) is -4.72. The van der Waals surface area contributed by atoms with Gasteiger partial charge in [0, 0.05) is 0 Å². The lowest BCUT2D eigenvalue weighted by Gasteiger charge is -2.21. The van der Waals surface area contributed by atoms with Crippen molar-refractivity contribution in [3.05, 3.63) is 35.9 Å². The SMILES string of the molecule is COC(=O)[C@H](O)[C@@H](O)[C@H](O)c1ccccc1. The Bertz CT molecular complexity index is 337. The van der Waals surface area contributed by atoms with E-state index in [9.17, 15) is 20.1 Å². The number of aliphatic hydroxyl groups excluding tert-OH is 3. The third-order valence-corrected chi connectivity index (χ3v) is 2.23. The minimum Gasteiger partial charge on any atom is -0.467 e. The van der Waals surface area contributed by atoms with Gasteiger partial charge in [-0.1, -0.05) is 30.3 Å². The van der Waals surface area contributed by atoms with Crippen LogP contribution in [0, 0.1) is 0 Å². The highest BCUT2D eigenvalue weighted by molar-refractivity contribution is 5.75. The van der Waals surface area contributed by atoms with Crippen molar-refractivity contribution in [3.8, 4) is 0 Å². The molecule has 0 amide bonds. The van der Waals surface area contributed by atoms with Gasteiger partial charge in [0.05, 0.1) is 7.11 Å². The number of rotatable bonds is 4. The minimum absolute atomic E-state index is 0.415. The van der Waals surface area contributed by atoms with Gasteiger partial charge in [0.2, 0.25) is 0 Å². The fourth-order valence-corrected chi connectivity index (χ4v) is 1.28. The van der Waals surface area contributed by atoms with Gasteiger partial charge in [-0.25, -0.2) is 4.79 Å². The molecule has 0 aliphatic rings. The zero-order chi connectivity index (χ0) is 12.1. The zero-order valence-electron chi connectivity index (χ0n) is 8.78. The summed E-state index contributed by atoms with van der Waals surface area (Å²) in [5, 5.41) is 28.6. The fraction of sp³-hybridized carbons (Fsp3) is 0.364. The molecule has 3 N–H and O–H groups in total. The Balaban J connectivity index is 2.74. The Morgan fingerprint density at radius 1 is 1.19 bits per heavy atom. The molecule has 0 heterocycles. The first-order valence-electron chi connectivity index (χ1n) is 4.75. The number of aliphatic hydroxyl groups is 3. The molecule has 0 aromatic heterocycles. The highest BCUT2D eigenvalue weighted by Crippen LogP contribution is 2.19. The van der Waals surface area contributed by atoms with E-state index in [1.54, 1.807) is 30.3 Å². The molecular weight excluding hydrogens is 212 g/mol. The molecule has 0 unspecified atom stereocenters. The first-order chi connectivity index (χ1) is 7.57. The quantitative estimate of drug-likeness (QED) is 0.609. The third kappa shape index (κ3) is 2.79. The van der Waals surface area contributed by atoms with Gasteiger partial charge >= 0.3 is 5.97 Å². The molecule has 0 radical (unpaired) electrons. The van der Waals surface area contributed by atoms with Crippen molar-refractivity contribution in [2.24, 2.45) is 0 Å². The molecular formula is C11H14O5. The van der Waals surface area contributed by atoms with Gasteiger partial charge in [-0.3, -0.25) is 0 Å². The maximum Gasteiger partial charge on any atom is 0.337 e. The van der Waals surface area contributed by atoms with Crippen LogP contribution in [-0.2, 0) is 9.53 Å². The molecule has 1 aromatic carbocycles. The van der Waals surface area contributed by atoms with E-state index in [1.807, 2.05) is 0 Å². The van der Waals surface area contributed by atoms with Crippen LogP contribution in [0.5, 0.6) is 0 Å². The molecule has 16 heavy (non-hydrogen) atoms. The molecule has 1 rings (SSSR count). The molecule has 5 heteroatoms. The zero-order valence-corrected chi connectivity index (χ0v) is 8.78. The second-order valence-electron chi connectivity index (χ2n) is 3.31. The molecule has 0 fully saturated rings. The summed E-state index contributed by atoms with van der Waals surface area (Å²) in [6.45, 7) is 0. The first kappa shape index (κ1) is 12.6. The lowest BCUT2D eigenvalue weighted by atomic mass is 10.0. The third-order valence-electron chi connectivity index (χ3n) is 2.23. The molecule has 1 aromatic rings. The summed E-state index contributed by atoms with van der Waals surface area (Å²) in [4.78, 5) is 10.9. The highest BCUT2D eigenvalue weighted by Gasteiger charge is 2.31. The van der Waals surface area contributed by atoms with E-state index in [2.05, 4.69) is 4.74 Å². The number of hydrogen-bond acceptors (Lipinski definition) is 5. The summed E-state index contributed by atoms with van der Waals surface area (Å²) in [5.74, 6) is -0.984. The van der Waals surface area contributed by atoms with E-state index in [0.717, 1.165) is 7.11 Å². The van der Waals surface area contributed by atoms with Crippen LogP contribution in [0.4, 0.5) is 0 Å². The molecule has 5 nitrogen and oxygen atoms in total. The average molecular weight is 226 g/mol. The van der Waals surface area contributed by atoms with Crippen LogP contribution in [0.25, 0.3) is 0 Å². The maximum absolute atomic E-state index is 10.9. The van der Waals surface area contributed by atoms with Gasteiger partial charge in [-0.05, 0) is 5.56 Å². The largest absolute Gasteiger partial charge is 0.467 e. The minimum atomic E-state index is -1.76. The van der Waals surface area contributed by atoms with Crippen molar-refractivity contribution < 1.29 is 24.9 Å². The molecule has 0 bridgehead atoms. The standard InChI is InChI=1S/C11H14O5/c1-16-11(15)10(14)9(13)8(12)7-5-3-2-4-6-7/h2-6,8-10,12-14H,1H3/t8-,9+,10-/m1/s1. The lowest BCUT2D eigenvalue weighted by molar-refractivity contribution is -0.161. The predicted molar refractivity (Wildman–Crippen MR) is 55.4 cm³/mol. The van der Waals surface area contributed by atoms with Gasteiger partial charge < -0.3 is 20.1 Å². The number of carbonyl (C=O) groups excluding carboxylic acids is 1. The topological polar surface area (TPSA) is 87.0 Å². The Morgan fingerprint density at radius 2 is 1.75 bits per heavy atom. The van der Waals surface area contributed by atoms with Crippen molar-refractivity contribution in [2.75, 3.05) is 7.11 Å². The fourth-order valence-electron chi connectivity index (χ4n) is 1.28. The number of hydrogen-bond donors (Lipinski definition) is 3. The van der Waals surface area contributed by atoms with E-state index in [1.165, 1.54) is 0 Å². The van der Waals surface area contributed by atoms with E-state index in [0.29, 0.717) is 5.56 Å². The van der Waals surface area contributed by atoms with Gasteiger partial charge in [0.1, 0.15) is 12.2 Å². The molecule has 0 aliphatic carbocycles. The van der Waals surface area contributed by atoms with Crippen LogP contribution >= 0.6 is 0 Å². The van der Waals surface area contributed by atoms with Crippen LogP contribution in [0.2, 0.25) is 0 Å². The average Bonchev–Trinajstić information content (AvgIpc) is 2.36. The Kier molecular flexibility index (Phi) is 4.42. The summed E-state index contributed by atoms with van der Waals surface area (Å²) >= 11 is 0. The van der Waals surface area contributed by atoms with Crippen molar-refractivity contribution in [3.63, 3.8) is 0 Å². The lowest BCUT2D eigenvalue weighted by Crippen LogP contribution is -2.38. The molecule has 3 atom stereocenters. The van der Waals surface area contributed by atoms with E-state index >= 15 is 0 Å². The number of methoxy groups -OCH3 is 1. The number of benzene rings is 1. The Hall–Kier alpha value is -1.43. The summed E-state index contributed by atoms with van der Waals surface area (Å²) in [5.41, 5.74) is 0.415. The molecule has 0 spiro atoms. The van der Waals surface area contributed by atoms with E-state index in [4.69, 9.17) is 0 Å². The number of esters is 1. The smallest absolute Gasteiger partial charge is 0.337 e. The van der Waals surface area contributed by atoms with Crippen LogP contribution in [0.15, 0.2) is 30.3 Å². The normalized spacial score (nSPS) is 16.2. The molecule has 0 saturated heterocycles. The monoisotopic (exact) mass is 226 g/mol. The molecule has 0 aliphatic heterocycles. The number of ether oxygens (including phenoxy) is 1. The van der Waals surface area contributed by atoms with Gasteiger partial charge in [0.25, 0.3) is 0 Å². The molecule has 88 valence electrons. The highest BCUT2D eigenvalue weighted by atomic mass is 16.5. The van der Waals surface area contributed by atoms with Crippen molar-refractivity contribution in [1.29, 1.82) is 0 Å². The maximum atomic E-state index is 10.9. The van der Waals surface area contributed by atoms with Gasteiger partial charge in [0.15, 0.2) is 6.10 Å². The first-order valence-corrected chi connectivity index (χ1v) is 4.75. The molecule has 0 saturated carbocycles.